The number of aryl methyl sites for hydroxylation is 2. The van der Waals surface area contributed by atoms with Gasteiger partial charge in [0.15, 0.2) is 0 Å². The maximum Gasteiger partial charge on any atom is 0.265 e. The van der Waals surface area contributed by atoms with Crippen molar-refractivity contribution < 1.29 is 4.74 Å². The van der Waals surface area contributed by atoms with Gasteiger partial charge in [-0.3, -0.25) is 0 Å². The minimum atomic E-state index is -0.664. The van der Waals surface area contributed by atoms with E-state index < -0.39 is 5.60 Å². The van der Waals surface area contributed by atoms with Gasteiger partial charge in [-0.1, -0.05) is 60.2 Å². The minimum Gasteiger partial charge on any atom is -0.483 e. The van der Waals surface area contributed by atoms with E-state index in [0.717, 1.165) is 30.5 Å². The van der Waals surface area contributed by atoms with Gasteiger partial charge in [-0.2, -0.15) is 0 Å². The number of fused-ring (bicyclic) bond motifs is 1. The van der Waals surface area contributed by atoms with E-state index in [9.17, 15) is 5.26 Å². The summed E-state index contributed by atoms with van der Waals surface area (Å²) in [6, 6.07) is 27.3. The molecule has 4 nitrogen and oxygen atoms in total. The molecule has 0 saturated heterocycles. The molecule has 1 unspecified atom stereocenters. The molecule has 2 aliphatic heterocycles. The number of allylic oxidation sites excluding steroid dienone is 3. The molecule has 5 rings (SSSR count). The van der Waals surface area contributed by atoms with E-state index >= 15 is 0 Å². The number of hydrogen-bond donors (Lipinski definition) is 0. The Labute approximate surface area is 219 Å². The summed E-state index contributed by atoms with van der Waals surface area (Å²) in [4.78, 5) is 5.86. The zero-order chi connectivity index (χ0) is 25.8. The van der Waals surface area contributed by atoms with Crippen LogP contribution in [0.5, 0.6) is 0 Å². The molecule has 3 aromatic carbocycles. The largest absolute Gasteiger partial charge is 0.483 e. The summed E-state index contributed by atoms with van der Waals surface area (Å²) in [6.45, 7) is 12.6. The summed E-state index contributed by atoms with van der Waals surface area (Å²) in [5.74, 6) is 0.642. The molecule has 4 heteroatoms. The molecular weight excluding hydrogens is 454 g/mol. The third kappa shape index (κ3) is 5.06. The molecule has 0 spiro atoms. The van der Waals surface area contributed by atoms with Crippen molar-refractivity contribution in [2.75, 3.05) is 11.4 Å². The Morgan fingerprint density at radius 1 is 1.08 bits per heavy atom. The molecule has 0 N–H and O–H groups in total. The number of nitrogens with zero attached hydrogens (tertiary/aromatic N) is 3. The molecule has 37 heavy (non-hydrogen) atoms. The molecule has 0 aromatic heterocycles. The standard InChI is InChI=1S/C33H29N3O/c1-24-11-15-29(16-12-24)36-19-7-8-26-20-25(14-18-32(26)36)13-17-30-21-27(31(23-34)35-3)22-33(2,37-30)28-9-5-4-6-10-28/h4-6,9-18,20-21H,7-8,19,22H2,1-2H3. The van der Waals surface area contributed by atoms with Crippen molar-refractivity contribution in [1.82, 2.24) is 0 Å². The van der Waals surface area contributed by atoms with Crippen LogP contribution >= 0.6 is 0 Å². The minimum absolute atomic E-state index is 0.112. The Bertz CT molecular complexity index is 1470. The van der Waals surface area contributed by atoms with Crippen LogP contribution in [0.25, 0.3) is 10.9 Å². The number of nitriles is 1. The number of benzene rings is 3. The molecule has 0 radical (unpaired) electrons. The predicted octanol–water partition coefficient (Wildman–Crippen LogP) is 8.01. The van der Waals surface area contributed by atoms with Crippen LogP contribution in [0.4, 0.5) is 11.4 Å². The van der Waals surface area contributed by atoms with E-state index in [2.05, 4.69) is 71.3 Å². The number of hydrogen-bond acceptors (Lipinski definition) is 3. The number of rotatable bonds is 4. The second-order valence-corrected chi connectivity index (χ2v) is 9.83. The van der Waals surface area contributed by atoms with Crippen molar-refractivity contribution in [1.29, 1.82) is 5.26 Å². The summed E-state index contributed by atoms with van der Waals surface area (Å²) >= 11 is 0. The van der Waals surface area contributed by atoms with Crippen LogP contribution in [-0.2, 0) is 16.8 Å². The van der Waals surface area contributed by atoms with Crippen LogP contribution in [0.1, 0.15) is 42.0 Å². The summed E-state index contributed by atoms with van der Waals surface area (Å²) in [5.41, 5.74) is 7.34. The molecule has 2 heterocycles. The lowest BCUT2D eigenvalue weighted by Crippen LogP contribution is -2.29. The molecule has 0 fully saturated rings. The fourth-order valence-corrected chi connectivity index (χ4v) is 5.16. The summed E-state index contributed by atoms with van der Waals surface area (Å²) in [5, 5.41) is 9.53. The smallest absolute Gasteiger partial charge is 0.265 e. The molecule has 3 aromatic rings. The van der Waals surface area contributed by atoms with E-state index in [-0.39, 0.29) is 5.70 Å². The van der Waals surface area contributed by atoms with Gasteiger partial charge in [0.2, 0.25) is 0 Å². The lowest BCUT2D eigenvalue weighted by Gasteiger charge is -2.36. The average Bonchev–Trinajstić information content (AvgIpc) is 2.93. The van der Waals surface area contributed by atoms with Gasteiger partial charge in [0.05, 0.1) is 12.6 Å². The van der Waals surface area contributed by atoms with Crippen molar-refractivity contribution in [2.24, 2.45) is 0 Å². The maximum atomic E-state index is 9.53. The van der Waals surface area contributed by atoms with Crippen molar-refractivity contribution in [2.45, 2.75) is 38.7 Å². The summed E-state index contributed by atoms with van der Waals surface area (Å²) in [7, 11) is 0. The van der Waals surface area contributed by atoms with Crippen molar-refractivity contribution in [3.05, 3.63) is 136 Å². The average molecular weight is 484 g/mol. The lowest BCUT2D eigenvalue weighted by atomic mass is 9.85. The van der Waals surface area contributed by atoms with Crippen molar-refractivity contribution in [3.8, 4) is 6.07 Å². The first-order valence-corrected chi connectivity index (χ1v) is 12.6. The topological polar surface area (TPSA) is 40.6 Å². The Kier molecular flexibility index (Phi) is 6.67. The molecule has 0 bridgehead atoms. The van der Waals surface area contributed by atoms with Crippen LogP contribution in [0, 0.1) is 24.8 Å². The quantitative estimate of drug-likeness (QED) is 0.279. The van der Waals surface area contributed by atoms with E-state index in [0.29, 0.717) is 17.8 Å². The van der Waals surface area contributed by atoms with Gasteiger partial charge in [-0.05, 0) is 85.4 Å². The van der Waals surface area contributed by atoms with Crippen LogP contribution in [-0.4, -0.2) is 6.54 Å². The number of ether oxygens (including phenoxy) is 1. The van der Waals surface area contributed by atoms with E-state index in [4.69, 9.17) is 11.3 Å². The third-order valence-electron chi connectivity index (χ3n) is 7.10. The lowest BCUT2D eigenvalue weighted by molar-refractivity contribution is 0.0143. The van der Waals surface area contributed by atoms with Crippen LogP contribution in [0.2, 0.25) is 0 Å². The van der Waals surface area contributed by atoms with Gasteiger partial charge in [0, 0.05) is 24.3 Å². The Balaban J connectivity index is 1.45. The van der Waals surface area contributed by atoms with Crippen LogP contribution in [0.3, 0.4) is 0 Å². The van der Waals surface area contributed by atoms with Gasteiger partial charge < -0.3 is 9.64 Å². The molecule has 182 valence electrons. The second-order valence-electron chi connectivity index (χ2n) is 9.83. The molecule has 0 saturated carbocycles. The van der Waals surface area contributed by atoms with E-state index in [1.165, 1.54) is 22.5 Å². The summed E-state index contributed by atoms with van der Waals surface area (Å²) < 4.78 is 6.47. The highest BCUT2D eigenvalue weighted by atomic mass is 16.5. The molecule has 0 amide bonds. The van der Waals surface area contributed by atoms with Crippen molar-refractivity contribution in [3.63, 3.8) is 0 Å². The normalized spacial score (nSPS) is 20.3. The monoisotopic (exact) mass is 483 g/mol. The highest BCUT2D eigenvalue weighted by molar-refractivity contribution is 5.70. The van der Waals surface area contributed by atoms with Crippen LogP contribution in [0.15, 0.2) is 102 Å². The fourth-order valence-electron chi connectivity index (χ4n) is 5.16. The Morgan fingerprint density at radius 3 is 2.59 bits per heavy atom. The zero-order valence-electron chi connectivity index (χ0n) is 21.2. The Hall–Kier alpha value is -4.54. The predicted molar refractivity (Wildman–Crippen MR) is 149 cm³/mol. The third-order valence-corrected chi connectivity index (χ3v) is 7.10. The van der Waals surface area contributed by atoms with E-state index in [1.807, 2.05) is 49.4 Å². The van der Waals surface area contributed by atoms with Gasteiger partial charge >= 0.3 is 0 Å². The highest BCUT2D eigenvalue weighted by Crippen LogP contribution is 2.41. The first kappa shape index (κ1) is 24.2. The molecule has 1 atom stereocenters. The molecular formula is C33H29N3O. The van der Waals surface area contributed by atoms with Gasteiger partial charge in [-0.25, -0.2) is 10.1 Å². The van der Waals surface area contributed by atoms with Crippen LogP contribution < -0.4 is 4.90 Å². The first-order chi connectivity index (χ1) is 18.0. The number of anilines is 2. The van der Waals surface area contributed by atoms with Crippen molar-refractivity contribution >= 4 is 17.5 Å². The molecule has 0 aliphatic carbocycles. The highest BCUT2D eigenvalue weighted by Gasteiger charge is 2.34. The van der Waals surface area contributed by atoms with Gasteiger partial charge in [-0.15, -0.1) is 0 Å². The van der Waals surface area contributed by atoms with Gasteiger partial charge in [0.25, 0.3) is 5.70 Å². The van der Waals surface area contributed by atoms with E-state index in [1.54, 1.807) is 0 Å². The summed E-state index contributed by atoms with van der Waals surface area (Å²) in [6.07, 6.45) is 8.45. The fraction of sp³-hybridized carbons (Fsp3) is 0.212. The molecule has 2 aliphatic rings. The maximum absolute atomic E-state index is 9.53. The zero-order valence-corrected chi connectivity index (χ0v) is 21.2. The van der Waals surface area contributed by atoms with Gasteiger partial charge in [0.1, 0.15) is 11.4 Å². The first-order valence-electron chi connectivity index (χ1n) is 12.6. The Morgan fingerprint density at radius 2 is 1.86 bits per heavy atom. The SMILES string of the molecule is [C-]#[N+]C(C#N)=C1C=C(C=Cc2ccc3c(c2)CCCN3c2ccc(C)cc2)OC(C)(c2ccccc2)C1. The second kappa shape index (κ2) is 10.2.